The molecule has 132 valence electrons. The van der Waals surface area contributed by atoms with Crippen LogP contribution in [0.2, 0.25) is 0 Å². The zero-order valence-corrected chi connectivity index (χ0v) is 13.8. The van der Waals surface area contributed by atoms with Gasteiger partial charge in [0.2, 0.25) is 0 Å². The quantitative estimate of drug-likeness (QED) is 0.695. The van der Waals surface area contributed by atoms with Crippen molar-refractivity contribution in [1.82, 2.24) is 4.98 Å². The van der Waals surface area contributed by atoms with Crippen LogP contribution in [0, 0.1) is 23.0 Å². The summed E-state index contributed by atoms with van der Waals surface area (Å²) < 4.78 is 38.6. The van der Waals surface area contributed by atoms with E-state index in [0.717, 1.165) is 6.07 Å². The number of benzene rings is 2. The summed E-state index contributed by atoms with van der Waals surface area (Å²) in [5.41, 5.74) is 0.589. The molecular formula is C19H14F2N2O3. The van der Waals surface area contributed by atoms with Gasteiger partial charge in [-0.1, -0.05) is 0 Å². The van der Waals surface area contributed by atoms with Crippen LogP contribution < -0.4 is 4.74 Å². The molecule has 26 heavy (non-hydrogen) atoms. The molecule has 1 N–H and O–H groups in total. The number of hydrogen-bond donors (Lipinski definition) is 1. The fraction of sp³-hybridized carbons (Fsp3) is 0.158. The fourth-order valence-electron chi connectivity index (χ4n) is 2.64. The van der Waals surface area contributed by atoms with E-state index >= 15 is 0 Å². The number of ether oxygens (including phenoxy) is 2. The molecule has 0 amide bonds. The second kappa shape index (κ2) is 7.23. The second-order valence-corrected chi connectivity index (χ2v) is 5.44. The van der Waals surface area contributed by atoms with Gasteiger partial charge in [-0.3, -0.25) is 4.79 Å². The van der Waals surface area contributed by atoms with E-state index in [9.17, 15) is 13.6 Å². The van der Waals surface area contributed by atoms with Crippen LogP contribution in [0.15, 0.2) is 36.5 Å². The molecule has 0 aliphatic rings. The number of nitrogens with one attached hydrogen (secondary N) is 1. The Morgan fingerprint density at radius 3 is 2.77 bits per heavy atom. The Labute approximate surface area is 147 Å². The summed E-state index contributed by atoms with van der Waals surface area (Å²) in [5, 5.41) is 9.53. The van der Waals surface area contributed by atoms with Gasteiger partial charge in [-0.05, 0) is 25.1 Å². The van der Waals surface area contributed by atoms with Crippen molar-refractivity contribution in [3.63, 3.8) is 0 Å². The molecule has 7 heteroatoms. The fourth-order valence-corrected chi connectivity index (χ4v) is 2.64. The molecule has 1 aromatic heterocycles. The largest absolute Gasteiger partial charge is 0.466 e. The number of carbonyl (C=O) groups is 1. The molecule has 2 aromatic carbocycles. The molecule has 0 radical (unpaired) electrons. The normalized spacial score (nSPS) is 10.5. The molecule has 0 saturated heterocycles. The standard InChI is InChI=1S/C19H14F2N2O3/c1-2-25-18(24)8-14-13-5-6-23-17(13)9-16(21)19(14)26-12-3-4-15(20)11(7-12)10-22/h3-7,9,23H,2,8H2,1H3. The van der Waals surface area contributed by atoms with Crippen molar-refractivity contribution in [3.05, 3.63) is 59.3 Å². The lowest BCUT2D eigenvalue weighted by Gasteiger charge is -2.14. The third-order valence-corrected chi connectivity index (χ3v) is 3.77. The molecular weight excluding hydrogens is 342 g/mol. The molecule has 0 saturated carbocycles. The Balaban J connectivity index is 2.08. The van der Waals surface area contributed by atoms with Crippen LogP contribution in [0.4, 0.5) is 8.78 Å². The van der Waals surface area contributed by atoms with E-state index in [1.807, 2.05) is 0 Å². The van der Waals surface area contributed by atoms with Crippen LogP contribution >= 0.6 is 0 Å². The summed E-state index contributed by atoms with van der Waals surface area (Å²) in [6.07, 6.45) is 1.43. The van der Waals surface area contributed by atoms with Gasteiger partial charge in [-0.2, -0.15) is 5.26 Å². The van der Waals surface area contributed by atoms with E-state index in [2.05, 4.69) is 4.98 Å². The van der Waals surface area contributed by atoms with Crippen molar-refractivity contribution in [1.29, 1.82) is 5.26 Å². The maximum Gasteiger partial charge on any atom is 0.310 e. The predicted molar refractivity (Wildman–Crippen MR) is 89.8 cm³/mol. The highest BCUT2D eigenvalue weighted by atomic mass is 19.1. The van der Waals surface area contributed by atoms with Crippen molar-refractivity contribution >= 4 is 16.9 Å². The Bertz CT molecular complexity index is 1020. The van der Waals surface area contributed by atoms with Gasteiger partial charge in [-0.25, -0.2) is 8.78 Å². The SMILES string of the molecule is CCOC(=O)Cc1c(Oc2ccc(F)c(C#N)c2)c(F)cc2[nH]ccc12. The molecule has 0 bridgehead atoms. The number of hydrogen-bond acceptors (Lipinski definition) is 4. The third-order valence-electron chi connectivity index (χ3n) is 3.77. The number of rotatable bonds is 5. The van der Waals surface area contributed by atoms with Crippen LogP contribution in [0.25, 0.3) is 10.9 Å². The highest BCUT2D eigenvalue weighted by Gasteiger charge is 2.20. The molecule has 5 nitrogen and oxygen atoms in total. The van der Waals surface area contributed by atoms with Crippen molar-refractivity contribution < 1.29 is 23.0 Å². The number of aromatic nitrogens is 1. The predicted octanol–water partition coefficient (Wildman–Crippen LogP) is 4.22. The van der Waals surface area contributed by atoms with E-state index < -0.39 is 17.6 Å². The highest BCUT2D eigenvalue weighted by Crippen LogP contribution is 2.35. The Morgan fingerprint density at radius 2 is 2.04 bits per heavy atom. The maximum absolute atomic E-state index is 14.6. The van der Waals surface area contributed by atoms with Gasteiger partial charge in [0, 0.05) is 34.8 Å². The highest BCUT2D eigenvalue weighted by molar-refractivity contribution is 5.89. The van der Waals surface area contributed by atoms with Crippen LogP contribution in [-0.4, -0.2) is 17.6 Å². The molecule has 0 atom stereocenters. The first kappa shape index (κ1) is 17.4. The van der Waals surface area contributed by atoms with E-state index in [0.29, 0.717) is 16.5 Å². The summed E-state index contributed by atoms with van der Waals surface area (Å²) in [5.74, 6) is -2.00. The zero-order valence-electron chi connectivity index (χ0n) is 13.8. The van der Waals surface area contributed by atoms with E-state index in [1.54, 1.807) is 25.3 Å². The van der Waals surface area contributed by atoms with Gasteiger partial charge in [0.05, 0.1) is 18.6 Å². The zero-order chi connectivity index (χ0) is 18.7. The Kier molecular flexibility index (Phi) is 4.85. The number of aromatic amines is 1. The van der Waals surface area contributed by atoms with Gasteiger partial charge in [0.1, 0.15) is 17.6 Å². The smallest absolute Gasteiger partial charge is 0.310 e. The lowest BCUT2D eigenvalue weighted by Crippen LogP contribution is -2.09. The van der Waals surface area contributed by atoms with E-state index in [-0.39, 0.29) is 30.1 Å². The third kappa shape index (κ3) is 3.35. The monoisotopic (exact) mass is 356 g/mol. The number of nitrogens with zero attached hydrogens (tertiary/aromatic N) is 1. The molecule has 1 heterocycles. The van der Waals surface area contributed by atoms with Gasteiger partial charge >= 0.3 is 5.97 Å². The molecule has 3 aromatic rings. The van der Waals surface area contributed by atoms with Crippen LogP contribution in [0.3, 0.4) is 0 Å². The minimum absolute atomic E-state index is 0.0850. The molecule has 0 fully saturated rings. The van der Waals surface area contributed by atoms with Crippen LogP contribution in [0.5, 0.6) is 11.5 Å². The summed E-state index contributed by atoms with van der Waals surface area (Å²) in [6, 6.07) is 8.15. The summed E-state index contributed by atoms with van der Waals surface area (Å²) in [6.45, 7) is 1.87. The Hall–Kier alpha value is -3.40. The molecule has 3 rings (SSSR count). The van der Waals surface area contributed by atoms with Crippen molar-refractivity contribution in [2.75, 3.05) is 6.61 Å². The first-order valence-corrected chi connectivity index (χ1v) is 7.85. The second-order valence-electron chi connectivity index (χ2n) is 5.44. The number of H-pyrrole nitrogens is 1. The van der Waals surface area contributed by atoms with Crippen LogP contribution in [0.1, 0.15) is 18.1 Å². The Morgan fingerprint density at radius 1 is 1.23 bits per heavy atom. The van der Waals surface area contributed by atoms with E-state index in [4.69, 9.17) is 14.7 Å². The van der Waals surface area contributed by atoms with Crippen LogP contribution in [-0.2, 0) is 16.0 Å². The lowest BCUT2D eigenvalue weighted by atomic mass is 10.0. The summed E-state index contributed by atoms with van der Waals surface area (Å²) in [4.78, 5) is 14.8. The molecule has 0 aliphatic heterocycles. The van der Waals surface area contributed by atoms with Gasteiger partial charge in [-0.15, -0.1) is 0 Å². The number of halogens is 2. The van der Waals surface area contributed by atoms with Gasteiger partial charge < -0.3 is 14.5 Å². The molecule has 0 spiro atoms. The first-order chi connectivity index (χ1) is 12.5. The number of esters is 1. The van der Waals surface area contributed by atoms with Gasteiger partial charge in [0.25, 0.3) is 0 Å². The summed E-state index contributed by atoms with van der Waals surface area (Å²) in [7, 11) is 0. The van der Waals surface area contributed by atoms with Crippen molar-refractivity contribution in [3.8, 4) is 17.6 Å². The summed E-state index contributed by atoms with van der Waals surface area (Å²) >= 11 is 0. The molecule has 0 aliphatic carbocycles. The van der Waals surface area contributed by atoms with Gasteiger partial charge in [0.15, 0.2) is 11.6 Å². The minimum atomic E-state index is -0.701. The van der Waals surface area contributed by atoms with Crippen molar-refractivity contribution in [2.24, 2.45) is 0 Å². The average Bonchev–Trinajstić information content (AvgIpc) is 3.07. The molecule has 0 unspecified atom stereocenters. The topological polar surface area (TPSA) is 75.1 Å². The van der Waals surface area contributed by atoms with E-state index in [1.165, 1.54) is 18.2 Å². The maximum atomic E-state index is 14.6. The first-order valence-electron chi connectivity index (χ1n) is 7.85. The number of fused-ring (bicyclic) bond motifs is 1. The number of carbonyl (C=O) groups excluding carboxylic acids is 1. The lowest BCUT2D eigenvalue weighted by molar-refractivity contribution is -0.142. The minimum Gasteiger partial charge on any atom is -0.466 e. The number of nitriles is 1. The average molecular weight is 356 g/mol. The van der Waals surface area contributed by atoms with Crippen molar-refractivity contribution in [2.45, 2.75) is 13.3 Å².